The predicted octanol–water partition coefficient (Wildman–Crippen LogP) is 6.78. The molecule has 8 heteroatoms. The van der Waals surface area contributed by atoms with Crippen molar-refractivity contribution < 1.29 is 14.3 Å². The highest BCUT2D eigenvalue weighted by Crippen LogP contribution is 2.24. The van der Waals surface area contributed by atoms with Crippen LogP contribution >= 0.6 is 23.2 Å². The van der Waals surface area contributed by atoms with E-state index in [0.29, 0.717) is 41.2 Å². The zero-order chi connectivity index (χ0) is 24.8. The van der Waals surface area contributed by atoms with Gasteiger partial charge in [-0.2, -0.15) is 5.10 Å². The van der Waals surface area contributed by atoms with E-state index in [0.717, 1.165) is 28.3 Å². The summed E-state index contributed by atoms with van der Waals surface area (Å²) in [4.78, 5) is 12.9. The molecule has 0 aliphatic rings. The van der Waals surface area contributed by atoms with Gasteiger partial charge in [0.1, 0.15) is 18.1 Å². The SMILES string of the molecule is CCOc1ccc(OCc2cccc(C(=O)Nc3cc(C)n(Cc4ccc(Cl)c(Cl)c4)n3)c2)cc1. The van der Waals surface area contributed by atoms with E-state index >= 15 is 0 Å². The summed E-state index contributed by atoms with van der Waals surface area (Å²) >= 11 is 12.1. The van der Waals surface area contributed by atoms with Crippen molar-refractivity contribution in [2.24, 2.45) is 0 Å². The van der Waals surface area contributed by atoms with Gasteiger partial charge in [-0.05, 0) is 73.5 Å². The molecule has 0 saturated carbocycles. The number of rotatable bonds is 9. The highest BCUT2D eigenvalue weighted by Gasteiger charge is 2.12. The Balaban J connectivity index is 1.38. The summed E-state index contributed by atoms with van der Waals surface area (Å²) in [5, 5.41) is 8.39. The van der Waals surface area contributed by atoms with Crippen molar-refractivity contribution in [3.05, 3.63) is 105 Å². The third kappa shape index (κ3) is 6.56. The van der Waals surface area contributed by atoms with Crippen molar-refractivity contribution in [2.45, 2.75) is 27.0 Å². The van der Waals surface area contributed by atoms with E-state index < -0.39 is 0 Å². The molecule has 0 atom stereocenters. The number of hydrogen-bond donors (Lipinski definition) is 1. The molecule has 180 valence electrons. The fraction of sp³-hybridized carbons (Fsp3) is 0.185. The lowest BCUT2D eigenvalue weighted by Crippen LogP contribution is -2.13. The van der Waals surface area contributed by atoms with Gasteiger partial charge in [-0.15, -0.1) is 0 Å². The summed E-state index contributed by atoms with van der Waals surface area (Å²) in [5.74, 6) is 1.76. The molecule has 1 aromatic heterocycles. The highest BCUT2D eigenvalue weighted by atomic mass is 35.5. The minimum absolute atomic E-state index is 0.243. The van der Waals surface area contributed by atoms with Crippen LogP contribution in [0.3, 0.4) is 0 Å². The van der Waals surface area contributed by atoms with Gasteiger partial charge in [0.05, 0.1) is 23.2 Å². The Labute approximate surface area is 214 Å². The Morgan fingerprint density at radius 1 is 0.914 bits per heavy atom. The third-order valence-corrected chi connectivity index (χ3v) is 6.01. The molecule has 4 rings (SSSR count). The number of anilines is 1. The number of aromatic nitrogens is 2. The number of benzene rings is 3. The number of aryl methyl sites for hydroxylation is 1. The topological polar surface area (TPSA) is 65.4 Å². The zero-order valence-corrected chi connectivity index (χ0v) is 20.9. The van der Waals surface area contributed by atoms with Crippen LogP contribution in [0.1, 0.15) is 34.1 Å². The fourth-order valence-corrected chi connectivity index (χ4v) is 3.82. The van der Waals surface area contributed by atoms with Gasteiger partial charge in [0.15, 0.2) is 5.82 Å². The van der Waals surface area contributed by atoms with Crippen molar-refractivity contribution in [3.63, 3.8) is 0 Å². The maximum absolute atomic E-state index is 12.9. The molecule has 1 N–H and O–H groups in total. The summed E-state index contributed by atoms with van der Waals surface area (Å²) in [6, 6.07) is 22.1. The Bertz CT molecular complexity index is 1320. The Kier molecular flexibility index (Phi) is 7.95. The van der Waals surface area contributed by atoms with E-state index in [1.165, 1.54) is 0 Å². The van der Waals surface area contributed by atoms with Gasteiger partial charge in [0.2, 0.25) is 0 Å². The molecule has 3 aromatic carbocycles. The van der Waals surface area contributed by atoms with Crippen LogP contribution < -0.4 is 14.8 Å². The molecular formula is C27H25Cl2N3O3. The average Bonchev–Trinajstić information content (AvgIpc) is 3.19. The van der Waals surface area contributed by atoms with Gasteiger partial charge in [-0.3, -0.25) is 9.48 Å². The van der Waals surface area contributed by atoms with Crippen LogP contribution in [-0.4, -0.2) is 22.3 Å². The standard InChI is InChI=1S/C27H25Cl2N3O3/c1-3-34-22-8-10-23(11-9-22)35-17-20-5-4-6-21(14-20)27(33)30-26-13-18(2)32(31-26)16-19-7-12-24(28)25(29)15-19/h4-15H,3,16-17H2,1-2H3,(H,30,31,33). The average molecular weight is 510 g/mol. The minimum atomic E-state index is -0.243. The quantitative estimate of drug-likeness (QED) is 0.270. The molecule has 0 radical (unpaired) electrons. The number of carbonyl (C=O) groups excluding carboxylic acids is 1. The van der Waals surface area contributed by atoms with E-state index in [9.17, 15) is 4.79 Å². The second-order valence-corrected chi connectivity index (χ2v) is 8.74. The molecule has 6 nitrogen and oxygen atoms in total. The fourth-order valence-electron chi connectivity index (χ4n) is 3.50. The zero-order valence-electron chi connectivity index (χ0n) is 19.4. The van der Waals surface area contributed by atoms with Crippen LogP contribution in [0.4, 0.5) is 5.82 Å². The number of amides is 1. The summed E-state index contributed by atoms with van der Waals surface area (Å²) in [6.07, 6.45) is 0. The van der Waals surface area contributed by atoms with Crippen molar-refractivity contribution in [1.82, 2.24) is 9.78 Å². The first-order valence-corrected chi connectivity index (χ1v) is 11.9. The molecule has 1 amide bonds. The van der Waals surface area contributed by atoms with Gasteiger partial charge in [-0.25, -0.2) is 0 Å². The number of hydrogen-bond acceptors (Lipinski definition) is 4. The molecular weight excluding hydrogens is 485 g/mol. The number of nitrogens with zero attached hydrogens (tertiary/aromatic N) is 2. The van der Waals surface area contributed by atoms with Crippen LogP contribution in [0.15, 0.2) is 72.8 Å². The van der Waals surface area contributed by atoms with Gasteiger partial charge in [-0.1, -0.05) is 41.4 Å². The molecule has 0 fully saturated rings. The number of ether oxygens (including phenoxy) is 2. The number of halogens is 2. The van der Waals surface area contributed by atoms with Crippen LogP contribution in [0.2, 0.25) is 10.0 Å². The van der Waals surface area contributed by atoms with Gasteiger partial charge in [0.25, 0.3) is 5.91 Å². The Morgan fingerprint density at radius 2 is 1.66 bits per heavy atom. The second-order valence-electron chi connectivity index (χ2n) is 7.92. The van der Waals surface area contributed by atoms with E-state index in [2.05, 4.69) is 10.4 Å². The molecule has 0 aliphatic carbocycles. The molecule has 0 spiro atoms. The largest absolute Gasteiger partial charge is 0.494 e. The van der Waals surface area contributed by atoms with E-state index in [1.54, 1.807) is 16.8 Å². The molecule has 35 heavy (non-hydrogen) atoms. The van der Waals surface area contributed by atoms with E-state index in [4.69, 9.17) is 32.7 Å². The summed E-state index contributed by atoms with van der Waals surface area (Å²) in [5.41, 5.74) is 3.27. The van der Waals surface area contributed by atoms with Crippen LogP contribution in [0.25, 0.3) is 0 Å². The lowest BCUT2D eigenvalue weighted by molar-refractivity contribution is 0.102. The maximum Gasteiger partial charge on any atom is 0.256 e. The lowest BCUT2D eigenvalue weighted by atomic mass is 10.1. The lowest BCUT2D eigenvalue weighted by Gasteiger charge is -2.09. The van der Waals surface area contributed by atoms with Crippen molar-refractivity contribution in [1.29, 1.82) is 0 Å². The van der Waals surface area contributed by atoms with Crippen LogP contribution in [0, 0.1) is 6.92 Å². The predicted molar refractivity (Wildman–Crippen MR) is 139 cm³/mol. The van der Waals surface area contributed by atoms with Crippen molar-refractivity contribution >= 4 is 34.9 Å². The molecule has 0 aliphatic heterocycles. The molecule has 0 unspecified atom stereocenters. The van der Waals surface area contributed by atoms with Gasteiger partial charge in [0, 0.05) is 17.3 Å². The summed E-state index contributed by atoms with van der Waals surface area (Å²) in [6.45, 7) is 5.34. The van der Waals surface area contributed by atoms with Crippen LogP contribution in [-0.2, 0) is 13.2 Å². The third-order valence-electron chi connectivity index (χ3n) is 5.27. The number of nitrogens with one attached hydrogen (secondary N) is 1. The monoisotopic (exact) mass is 509 g/mol. The smallest absolute Gasteiger partial charge is 0.256 e. The first-order chi connectivity index (χ1) is 16.9. The van der Waals surface area contributed by atoms with Gasteiger partial charge >= 0.3 is 0 Å². The van der Waals surface area contributed by atoms with Crippen molar-refractivity contribution in [3.8, 4) is 11.5 Å². The Morgan fingerprint density at radius 3 is 2.37 bits per heavy atom. The summed E-state index contributed by atoms with van der Waals surface area (Å²) < 4.78 is 13.1. The molecule has 0 saturated heterocycles. The maximum atomic E-state index is 12.9. The molecule has 4 aromatic rings. The van der Waals surface area contributed by atoms with Crippen molar-refractivity contribution in [2.75, 3.05) is 11.9 Å². The van der Waals surface area contributed by atoms with Gasteiger partial charge < -0.3 is 14.8 Å². The second kappa shape index (κ2) is 11.3. The van der Waals surface area contributed by atoms with Crippen LogP contribution in [0.5, 0.6) is 11.5 Å². The Hall–Kier alpha value is -3.48. The first-order valence-electron chi connectivity index (χ1n) is 11.2. The molecule has 0 bridgehead atoms. The van der Waals surface area contributed by atoms with E-state index in [-0.39, 0.29) is 5.91 Å². The summed E-state index contributed by atoms with van der Waals surface area (Å²) in [7, 11) is 0. The normalized spacial score (nSPS) is 10.7. The van der Waals surface area contributed by atoms with E-state index in [1.807, 2.05) is 74.5 Å². The highest BCUT2D eigenvalue weighted by molar-refractivity contribution is 6.42. The first kappa shape index (κ1) is 24.6. The number of carbonyl (C=O) groups is 1. The molecule has 1 heterocycles. The minimum Gasteiger partial charge on any atom is -0.494 e.